The topological polar surface area (TPSA) is 92.8 Å². The van der Waals surface area contributed by atoms with E-state index in [0.29, 0.717) is 16.8 Å². The third-order valence-corrected chi connectivity index (χ3v) is 3.63. The van der Waals surface area contributed by atoms with Crippen LogP contribution in [0.25, 0.3) is 0 Å². The van der Waals surface area contributed by atoms with Crippen molar-refractivity contribution in [3.05, 3.63) is 53.6 Å². The summed E-state index contributed by atoms with van der Waals surface area (Å²) in [6.45, 7) is 0.357. The van der Waals surface area contributed by atoms with Crippen molar-refractivity contribution in [2.24, 2.45) is 5.73 Å². The molecule has 2 radical (unpaired) electrons. The normalized spacial score (nSPS) is 11.9. The fourth-order valence-electron chi connectivity index (χ4n) is 1.96. The van der Waals surface area contributed by atoms with Crippen LogP contribution in [-0.2, 0) is 17.8 Å². The lowest BCUT2D eigenvalue weighted by Gasteiger charge is -2.11. The van der Waals surface area contributed by atoms with Gasteiger partial charge in [-0.3, -0.25) is 4.79 Å². The zero-order valence-electron chi connectivity index (χ0n) is 11.9. The minimum atomic E-state index is -1.02. The standard InChI is InChI=1S/C16H16NO4.Al/c17-15(16(19)20)9-12-2-1-3-14(8-12)21-10-11-4-6-13(18)7-5-11;/h1-6,8,15,18H,9-10,17H2,(H,19,20);/t15-;/m0./s1. The molecular formula is C16H16AlNO4. The lowest BCUT2D eigenvalue weighted by Crippen LogP contribution is -2.32. The molecule has 112 valence electrons. The second-order valence-electron chi connectivity index (χ2n) is 4.98. The number of nitrogens with two attached hydrogens (primary N) is 1. The molecular weight excluding hydrogens is 297 g/mol. The monoisotopic (exact) mass is 313 g/mol. The van der Waals surface area contributed by atoms with Gasteiger partial charge in [0, 0.05) is 0 Å². The molecule has 0 fully saturated rings. The summed E-state index contributed by atoms with van der Waals surface area (Å²) in [5, 5.41) is 18.3. The first-order valence-corrected chi connectivity index (χ1v) is 7.31. The van der Waals surface area contributed by atoms with Crippen molar-refractivity contribution in [3.8, 4) is 11.5 Å². The fraction of sp³-hybridized carbons (Fsp3) is 0.188. The maximum absolute atomic E-state index is 10.8. The molecule has 0 aliphatic heterocycles. The molecule has 0 aliphatic carbocycles. The van der Waals surface area contributed by atoms with Crippen LogP contribution in [0.4, 0.5) is 0 Å². The van der Waals surface area contributed by atoms with Crippen molar-refractivity contribution in [2.75, 3.05) is 0 Å². The highest BCUT2D eigenvalue weighted by atomic mass is 27.0. The Balaban J connectivity index is 2.01. The van der Waals surface area contributed by atoms with Gasteiger partial charge < -0.3 is 20.7 Å². The molecule has 0 amide bonds. The number of carboxylic acids is 1. The van der Waals surface area contributed by atoms with E-state index in [4.69, 9.17) is 15.6 Å². The van der Waals surface area contributed by atoms with Gasteiger partial charge in [0.1, 0.15) is 18.4 Å². The van der Waals surface area contributed by atoms with Crippen LogP contribution < -0.4 is 14.9 Å². The van der Waals surface area contributed by atoms with Gasteiger partial charge in [0.25, 0.3) is 0 Å². The summed E-state index contributed by atoms with van der Waals surface area (Å²) < 4.78 is 6.40. The zero-order valence-corrected chi connectivity index (χ0v) is 13.1. The molecule has 0 heterocycles. The molecule has 0 saturated carbocycles. The third kappa shape index (κ3) is 4.50. The largest absolute Gasteiger partial charge is 0.509 e. The number of benzene rings is 2. The van der Waals surface area contributed by atoms with Gasteiger partial charge in [-0.25, -0.2) is 0 Å². The predicted octanol–water partition coefficient (Wildman–Crippen LogP) is 0.719. The average Bonchev–Trinajstić information content (AvgIpc) is 2.49. The Hall–Kier alpha value is -2.00. The molecule has 2 aromatic rings. The summed E-state index contributed by atoms with van der Waals surface area (Å²) in [5.74, 6) is -0.157. The van der Waals surface area contributed by atoms with Gasteiger partial charge in [-0.1, -0.05) is 28.7 Å². The lowest BCUT2D eigenvalue weighted by molar-refractivity contribution is -0.138. The second kappa shape index (κ2) is 7.32. The lowest BCUT2D eigenvalue weighted by atomic mass is 10.1. The molecule has 0 aliphatic rings. The number of aliphatic carboxylic acids is 1. The number of phenolic OH excluding ortho intramolecular Hbond substituents is 1. The molecule has 0 unspecified atom stereocenters. The quantitative estimate of drug-likeness (QED) is 0.683. The first-order valence-electron chi connectivity index (χ1n) is 6.73. The molecule has 0 aromatic heterocycles. The van der Waals surface area contributed by atoms with Gasteiger partial charge in [0.2, 0.25) is 0 Å². The highest BCUT2D eigenvalue weighted by Crippen LogP contribution is 2.16. The Labute approximate surface area is 136 Å². The Morgan fingerprint density at radius 1 is 1.23 bits per heavy atom. The third-order valence-electron chi connectivity index (χ3n) is 3.17. The number of ether oxygens (including phenoxy) is 1. The Bertz CT molecular complexity index is 675. The minimum Gasteiger partial charge on any atom is -0.509 e. The van der Waals surface area contributed by atoms with E-state index in [-0.39, 0.29) is 12.2 Å². The highest BCUT2D eigenvalue weighted by molar-refractivity contribution is 6.34. The first-order chi connectivity index (χ1) is 10.5. The van der Waals surface area contributed by atoms with E-state index >= 15 is 0 Å². The van der Waals surface area contributed by atoms with Crippen LogP contribution >= 0.6 is 0 Å². The van der Waals surface area contributed by atoms with Gasteiger partial charge in [-0.05, 0) is 35.7 Å². The first kappa shape index (κ1) is 16.4. The molecule has 22 heavy (non-hydrogen) atoms. The Kier molecular flexibility index (Phi) is 5.45. The molecule has 1 atom stereocenters. The second-order valence-corrected chi connectivity index (χ2v) is 5.60. The summed E-state index contributed by atoms with van der Waals surface area (Å²) in [7, 11) is 0. The molecule has 2 aromatic carbocycles. The zero-order chi connectivity index (χ0) is 16.1. The number of carboxylic acid groups (broad SMARTS) is 1. The molecule has 0 spiro atoms. The maximum Gasteiger partial charge on any atom is 0.320 e. The van der Waals surface area contributed by atoms with E-state index in [1.807, 2.05) is 12.1 Å². The summed E-state index contributed by atoms with van der Waals surface area (Å²) in [5.41, 5.74) is 7.26. The number of carbonyl (C=O) groups is 1. The van der Waals surface area contributed by atoms with Crippen LogP contribution in [0, 0.1) is 0 Å². The van der Waals surface area contributed by atoms with E-state index in [2.05, 4.69) is 16.3 Å². The van der Waals surface area contributed by atoms with Crippen LogP contribution in [0.15, 0.2) is 42.5 Å². The van der Waals surface area contributed by atoms with E-state index in [1.54, 1.807) is 30.3 Å². The van der Waals surface area contributed by atoms with Gasteiger partial charge in [-0.15, -0.1) is 0 Å². The van der Waals surface area contributed by atoms with Crippen LogP contribution in [0.3, 0.4) is 0 Å². The molecule has 6 heteroatoms. The van der Waals surface area contributed by atoms with Crippen molar-refractivity contribution >= 4 is 26.7 Å². The highest BCUT2D eigenvalue weighted by Gasteiger charge is 2.12. The van der Waals surface area contributed by atoms with Crippen molar-refractivity contribution < 1.29 is 19.7 Å². The van der Waals surface area contributed by atoms with Crippen molar-refractivity contribution in [3.63, 3.8) is 0 Å². The molecule has 4 N–H and O–H groups in total. The Morgan fingerprint density at radius 3 is 2.68 bits per heavy atom. The van der Waals surface area contributed by atoms with Crippen molar-refractivity contribution in [1.29, 1.82) is 0 Å². The fourth-order valence-corrected chi connectivity index (χ4v) is 2.27. The average molecular weight is 313 g/mol. The van der Waals surface area contributed by atoms with Gasteiger partial charge in [-0.2, -0.15) is 0 Å². The summed E-state index contributed by atoms with van der Waals surface area (Å²) in [6, 6.07) is 11.5. The van der Waals surface area contributed by atoms with E-state index in [0.717, 1.165) is 11.1 Å². The number of phenols is 1. The maximum atomic E-state index is 10.8. The van der Waals surface area contributed by atoms with Crippen LogP contribution in [-0.4, -0.2) is 38.5 Å². The summed E-state index contributed by atoms with van der Waals surface area (Å²) >= 11 is 2.46. The van der Waals surface area contributed by atoms with E-state index in [1.165, 1.54) is 0 Å². The molecule has 2 rings (SSSR count). The van der Waals surface area contributed by atoms with E-state index < -0.39 is 12.0 Å². The van der Waals surface area contributed by atoms with Crippen molar-refractivity contribution in [2.45, 2.75) is 19.1 Å². The van der Waals surface area contributed by atoms with Crippen LogP contribution in [0.2, 0.25) is 0 Å². The molecule has 0 saturated heterocycles. The predicted molar refractivity (Wildman–Crippen MR) is 83.6 cm³/mol. The smallest absolute Gasteiger partial charge is 0.320 e. The number of hydrogen-bond acceptors (Lipinski definition) is 4. The molecule has 0 bridgehead atoms. The number of aromatic hydroxyl groups is 1. The van der Waals surface area contributed by atoms with Crippen molar-refractivity contribution in [1.82, 2.24) is 0 Å². The number of hydrogen-bond donors (Lipinski definition) is 3. The van der Waals surface area contributed by atoms with E-state index in [9.17, 15) is 9.90 Å². The van der Waals surface area contributed by atoms with Crippen LogP contribution in [0.5, 0.6) is 11.5 Å². The summed E-state index contributed by atoms with van der Waals surface area (Å²) in [4.78, 5) is 10.8. The number of rotatable bonds is 6. The van der Waals surface area contributed by atoms with Gasteiger partial charge in [0.15, 0.2) is 16.3 Å². The molecule has 5 nitrogen and oxygen atoms in total. The minimum absolute atomic E-state index is 0.221. The van der Waals surface area contributed by atoms with Crippen LogP contribution in [0.1, 0.15) is 11.1 Å². The Morgan fingerprint density at radius 2 is 2.00 bits per heavy atom. The summed E-state index contributed by atoms with van der Waals surface area (Å²) in [6.07, 6.45) is 0.251. The SMILES string of the molecule is N[C@@H](Cc1cccc(OCc2ccc(O)[c]([Al])c2)c1)C(=O)O. The van der Waals surface area contributed by atoms with Gasteiger partial charge in [0.05, 0.1) is 5.75 Å². The van der Waals surface area contributed by atoms with Gasteiger partial charge >= 0.3 is 5.97 Å².